The average Bonchev–Trinajstić information content (AvgIpc) is 2.28. The lowest BCUT2D eigenvalue weighted by Gasteiger charge is -2.06. The molecule has 0 aromatic heterocycles. The van der Waals surface area contributed by atoms with E-state index in [1.807, 2.05) is 31.2 Å². The molecule has 1 rings (SSSR count). The van der Waals surface area contributed by atoms with E-state index < -0.39 is 18.3 Å². The third-order valence-corrected chi connectivity index (χ3v) is 2.04. The highest BCUT2D eigenvalue weighted by molar-refractivity contribution is 5.93. The molecule has 2 N–H and O–H groups in total. The van der Waals surface area contributed by atoms with Crippen molar-refractivity contribution in [1.29, 1.82) is 0 Å². The molecule has 0 aliphatic heterocycles. The van der Waals surface area contributed by atoms with Gasteiger partial charge in [0.1, 0.15) is 12.2 Å². The van der Waals surface area contributed by atoms with Crippen LogP contribution in [0.4, 0.5) is 0 Å². The number of amides is 1. The van der Waals surface area contributed by atoms with Crippen LogP contribution in [0.25, 0.3) is 0 Å². The van der Waals surface area contributed by atoms with Crippen LogP contribution in [0.3, 0.4) is 0 Å². The van der Waals surface area contributed by atoms with Gasteiger partial charge in [0.25, 0.3) is 0 Å². The fourth-order valence-corrected chi connectivity index (χ4v) is 1.27. The molecule has 5 nitrogen and oxygen atoms in total. The van der Waals surface area contributed by atoms with E-state index in [9.17, 15) is 9.59 Å². The van der Waals surface area contributed by atoms with Gasteiger partial charge in [0.05, 0.1) is 6.61 Å². The van der Waals surface area contributed by atoms with Crippen LogP contribution in [0.1, 0.15) is 18.9 Å². The minimum atomic E-state index is -1.13. The summed E-state index contributed by atoms with van der Waals surface area (Å²) in [5.74, 6) is -0.853. The molecule has 0 saturated heterocycles. The predicted molar refractivity (Wildman–Crippen MR) is 61.7 cm³/mol. The van der Waals surface area contributed by atoms with Gasteiger partial charge in [-0.25, -0.2) is 0 Å². The number of rotatable bonds is 6. The zero-order valence-electron chi connectivity index (χ0n) is 9.60. The van der Waals surface area contributed by atoms with E-state index in [-0.39, 0.29) is 0 Å². The molecule has 0 aliphatic rings. The summed E-state index contributed by atoms with van der Waals surface area (Å²) < 4.78 is 5.27. The molecule has 1 aromatic rings. The van der Waals surface area contributed by atoms with Crippen molar-refractivity contribution in [1.82, 2.24) is 5.32 Å². The zero-order valence-corrected chi connectivity index (χ0v) is 9.60. The second kappa shape index (κ2) is 6.52. The Bertz CT molecular complexity index is 386. The number of aliphatic carboxylic acids is 1. The first kappa shape index (κ1) is 13.0. The van der Waals surface area contributed by atoms with E-state index in [4.69, 9.17) is 9.84 Å². The van der Waals surface area contributed by atoms with Crippen molar-refractivity contribution in [3.8, 4) is 5.75 Å². The van der Waals surface area contributed by atoms with Crippen LogP contribution in [0.15, 0.2) is 24.3 Å². The average molecular weight is 237 g/mol. The SMILES string of the molecule is CCOc1ccc(CNC(=O)CC(=O)O)cc1. The van der Waals surface area contributed by atoms with Crippen LogP contribution < -0.4 is 10.1 Å². The fourth-order valence-electron chi connectivity index (χ4n) is 1.27. The quantitative estimate of drug-likeness (QED) is 0.728. The highest BCUT2D eigenvalue weighted by Crippen LogP contribution is 2.11. The van der Waals surface area contributed by atoms with Gasteiger partial charge in [-0.2, -0.15) is 0 Å². The van der Waals surface area contributed by atoms with E-state index in [0.717, 1.165) is 11.3 Å². The van der Waals surface area contributed by atoms with Crippen LogP contribution in [-0.4, -0.2) is 23.6 Å². The Morgan fingerprint density at radius 1 is 1.29 bits per heavy atom. The Kier molecular flexibility index (Phi) is 5.00. The Balaban J connectivity index is 2.41. The number of carbonyl (C=O) groups excluding carboxylic acids is 1. The second-order valence-corrected chi connectivity index (χ2v) is 3.42. The van der Waals surface area contributed by atoms with E-state index in [0.29, 0.717) is 13.2 Å². The smallest absolute Gasteiger partial charge is 0.312 e. The van der Waals surface area contributed by atoms with Gasteiger partial charge in [0.2, 0.25) is 5.91 Å². The molecule has 0 radical (unpaired) electrons. The summed E-state index contributed by atoms with van der Waals surface area (Å²) in [6.07, 6.45) is -0.503. The van der Waals surface area contributed by atoms with Crippen molar-refractivity contribution in [2.24, 2.45) is 0 Å². The number of ether oxygens (including phenoxy) is 1. The Hall–Kier alpha value is -2.04. The van der Waals surface area contributed by atoms with Crippen molar-refractivity contribution in [3.63, 3.8) is 0 Å². The molecule has 1 aromatic carbocycles. The number of nitrogens with one attached hydrogen (secondary N) is 1. The maximum Gasteiger partial charge on any atom is 0.312 e. The van der Waals surface area contributed by atoms with E-state index in [1.165, 1.54) is 0 Å². The van der Waals surface area contributed by atoms with Crippen molar-refractivity contribution in [2.75, 3.05) is 6.61 Å². The topological polar surface area (TPSA) is 75.6 Å². The molecule has 92 valence electrons. The largest absolute Gasteiger partial charge is 0.494 e. The molecule has 0 saturated carbocycles. The molecule has 5 heteroatoms. The molecule has 0 spiro atoms. The lowest BCUT2D eigenvalue weighted by Crippen LogP contribution is -2.24. The maximum absolute atomic E-state index is 11.1. The highest BCUT2D eigenvalue weighted by atomic mass is 16.5. The molecule has 0 bridgehead atoms. The molecule has 0 fully saturated rings. The second-order valence-electron chi connectivity index (χ2n) is 3.42. The lowest BCUT2D eigenvalue weighted by molar-refractivity contribution is -0.140. The van der Waals surface area contributed by atoms with Crippen molar-refractivity contribution < 1.29 is 19.4 Å². The molecule has 0 aliphatic carbocycles. The summed E-state index contributed by atoms with van der Waals surface area (Å²) in [5, 5.41) is 10.9. The van der Waals surface area contributed by atoms with Crippen molar-refractivity contribution in [2.45, 2.75) is 19.9 Å². The Labute approximate surface area is 99.4 Å². The number of carbonyl (C=O) groups is 2. The molecule has 0 heterocycles. The fraction of sp³-hybridized carbons (Fsp3) is 0.333. The normalized spacial score (nSPS) is 9.71. The summed E-state index contributed by atoms with van der Waals surface area (Å²) in [5.41, 5.74) is 0.896. The first-order valence-electron chi connectivity index (χ1n) is 5.32. The molecular formula is C12H15NO4. The number of hydrogen-bond acceptors (Lipinski definition) is 3. The summed E-state index contributed by atoms with van der Waals surface area (Å²) in [6.45, 7) is 2.83. The highest BCUT2D eigenvalue weighted by Gasteiger charge is 2.06. The van der Waals surface area contributed by atoms with Gasteiger partial charge < -0.3 is 15.2 Å². The number of carboxylic acid groups (broad SMARTS) is 1. The first-order valence-corrected chi connectivity index (χ1v) is 5.32. The van der Waals surface area contributed by atoms with Crippen molar-refractivity contribution >= 4 is 11.9 Å². The maximum atomic E-state index is 11.1. The monoisotopic (exact) mass is 237 g/mol. The minimum absolute atomic E-state index is 0.318. The zero-order chi connectivity index (χ0) is 12.7. The Morgan fingerprint density at radius 3 is 2.47 bits per heavy atom. The number of hydrogen-bond donors (Lipinski definition) is 2. The van der Waals surface area contributed by atoms with E-state index in [2.05, 4.69) is 5.32 Å². The predicted octanol–water partition coefficient (Wildman–Crippen LogP) is 1.18. The summed E-state index contributed by atoms with van der Waals surface area (Å²) >= 11 is 0. The van der Waals surface area contributed by atoms with Crippen molar-refractivity contribution in [3.05, 3.63) is 29.8 Å². The number of carboxylic acids is 1. The summed E-state index contributed by atoms with van der Waals surface area (Å²) in [4.78, 5) is 21.3. The third-order valence-electron chi connectivity index (χ3n) is 2.04. The van der Waals surface area contributed by atoms with Gasteiger partial charge in [-0.3, -0.25) is 9.59 Å². The van der Waals surface area contributed by atoms with E-state index >= 15 is 0 Å². The third kappa shape index (κ3) is 5.01. The molecule has 0 atom stereocenters. The first-order chi connectivity index (χ1) is 8.11. The number of benzene rings is 1. The van der Waals surface area contributed by atoms with Gasteiger partial charge in [0, 0.05) is 6.54 Å². The van der Waals surface area contributed by atoms with Crippen LogP contribution >= 0.6 is 0 Å². The molecule has 17 heavy (non-hydrogen) atoms. The molecule has 1 amide bonds. The molecular weight excluding hydrogens is 222 g/mol. The van der Waals surface area contributed by atoms with Gasteiger partial charge in [-0.05, 0) is 24.6 Å². The van der Waals surface area contributed by atoms with Gasteiger partial charge in [0.15, 0.2) is 0 Å². The Morgan fingerprint density at radius 2 is 1.94 bits per heavy atom. The minimum Gasteiger partial charge on any atom is -0.494 e. The lowest BCUT2D eigenvalue weighted by atomic mass is 10.2. The summed E-state index contributed by atoms with van der Waals surface area (Å²) in [6, 6.07) is 7.27. The van der Waals surface area contributed by atoms with Crippen LogP contribution in [0.5, 0.6) is 5.75 Å². The molecule has 0 unspecified atom stereocenters. The summed E-state index contributed by atoms with van der Waals surface area (Å²) in [7, 11) is 0. The van der Waals surface area contributed by atoms with Gasteiger partial charge >= 0.3 is 5.97 Å². The van der Waals surface area contributed by atoms with E-state index in [1.54, 1.807) is 0 Å². The van der Waals surface area contributed by atoms with Gasteiger partial charge in [-0.1, -0.05) is 12.1 Å². The van der Waals surface area contributed by atoms with Crippen LogP contribution in [0.2, 0.25) is 0 Å². The van der Waals surface area contributed by atoms with Crippen LogP contribution in [-0.2, 0) is 16.1 Å². The van der Waals surface area contributed by atoms with Crippen LogP contribution in [0, 0.1) is 0 Å². The van der Waals surface area contributed by atoms with Gasteiger partial charge in [-0.15, -0.1) is 0 Å². The standard InChI is InChI=1S/C12H15NO4/c1-2-17-10-5-3-9(4-6-10)8-13-11(14)7-12(15)16/h3-6H,2,7-8H2,1H3,(H,13,14)(H,15,16).